The Morgan fingerprint density at radius 1 is 1.11 bits per heavy atom. The molecule has 0 aliphatic rings. The summed E-state index contributed by atoms with van der Waals surface area (Å²) in [5, 5.41) is 5.23. The highest BCUT2D eigenvalue weighted by atomic mass is 16.6. The van der Waals surface area contributed by atoms with Crippen molar-refractivity contribution in [3.05, 3.63) is 0 Å². The van der Waals surface area contributed by atoms with E-state index in [0.717, 1.165) is 0 Å². The Morgan fingerprint density at radius 2 is 1.72 bits per heavy atom. The Balaban J connectivity index is 3.50. The van der Waals surface area contributed by atoms with Crippen molar-refractivity contribution in [2.45, 2.75) is 39.7 Å². The first-order valence-electron chi connectivity index (χ1n) is 6.16. The van der Waals surface area contributed by atoms with Gasteiger partial charge in [0.05, 0.1) is 6.61 Å². The minimum atomic E-state index is -0.509. The smallest absolute Gasteiger partial charge is 0.407 e. The molecule has 0 spiro atoms. The minimum Gasteiger partial charge on any atom is -0.444 e. The monoisotopic (exact) mass is 260 g/mol. The van der Waals surface area contributed by atoms with Crippen molar-refractivity contribution in [1.29, 1.82) is 0 Å². The molecule has 0 aromatic heterocycles. The fourth-order valence-corrected chi connectivity index (χ4v) is 1.08. The molecule has 6 nitrogen and oxygen atoms in total. The van der Waals surface area contributed by atoms with Gasteiger partial charge in [0, 0.05) is 26.1 Å². The van der Waals surface area contributed by atoms with Gasteiger partial charge in [0.25, 0.3) is 0 Å². The van der Waals surface area contributed by atoms with E-state index in [2.05, 4.69) is 10.6 Å². The summed E-state index contributed by atoms with van der Waals surface area (Å²) < 4.78 is 10.1. The molecule has 0 aliphatic carbocycles. The topological polar surface area (TPSA) is 76.7 Å². The standard InChI is InChI=1S/C12H24N2O4/c1-5-17-9-6-10(15)13-7-8-14-11(16)18-12(2,3)4/h5-9H2,1-4H3,(H,13,15)(H,14,16). The molecule has 0 heterocycles. The third kappa shape index (κ3) is 11.2. The molecule has 0 rings (SSSR count). The molecule has 0 fully saturated rings. The van der Waals surface area contributed by atoms with E-state index < -0.39 is 11.7 Å². The van der Waals surface area contributed by atoms with E-state index in [4.69, 9.17) is 9.47 Å². The molecule has 6 heteroatoms. The molecule has 0 bridgehead atoms. The number of alkyl carbamates (subject to hydrolysis) is 1. The zero-order valence-electron chi connectivity index (χ0n) is 11.7. The molecule has 0 saturated carbocycles. The first-order valence-corrected chi connectivity index (χ1v) is 6.16. The van der Waals surface area contributed by atoms with Crippen LogP contribution in [-0.2, 0) is 14.3 Å². The first kappa shape index (κ1) is 16.7. The van der Waals surface area contributed by atoms with Gasteiger partial charge < -0.3 is 20.1 Å². The number of carbonyl (C=O) groups excluding carboxylic acids is 2. The fourth-order valence-electron chi connectivity index (χ4n) is 1.08. The number of carbonyl (C=O) groups is 2. The van der Waals surface area contributed by atoms with Gasteiger partial charge in [-0.25, -0.2) is 4.79 Å². The van der Waals surface area contributed by atoms with Crippen LogP contribution in [0.3, 0.4) is 0 Å². The average Bonchev–Trinajstić information content (AvgIpc) is 2.22. The largest absolute Gasteiger partial charge is 0.444 e. The fraction of sp³-hybridized carbons (Fsp3) is 0.833. The van der Waals surface area contributed by atoms with Crippen LogP contribution < -0.4 is 10.6 Å². The van der Waals surface area contributed by atoms with Gasteiger partial charge in [-0.1, -0.05) is 0 Å². The molecular weight excluding hydrogens is 236 g/mol. The summed E-state index contributed by atoms with van der Waals surface area (Å²) in [5.74, 6) is -0.0885. The number of hydrogen-bond donors (Lipinski definition) is 2. The van der Waals surface area contributed by atoms with Crippen LogP contribution in [0.4, 0.5) is 4.79 Å². The molecule has 0 saturated heterocycles. The lowest BCUT2D eigenvalue weighted by molar-refractivity contribution is -0.122. The maximum absolute atomic E-state index is 11.3. The van der Waals surface area contributed by atoms with E-state index in [1.54, 1.807) is 20.8 Å². The van der Waals surface area contributed by atoms with E-state index in [-0.39, 0.29) is 5.91 Å². The van der Waals surface area contributed by atoms with Gasteiger partial charge in [0.1, 0.15) is 5.60 Å². The molecule has 0 aliphatic heterocycles. The van der Waals surface area contributed by atoms with Crippen molar-refractivity contribution < 1.29 is 19.1 Å². The summed E-state index contributed by atoms with van der Waals surface area (Å²) in [4.78, 5) is 22.5. The van der Waals surface area contributed by atoms with Crippen molar-refractivity contribution in [1.82, 2.24) is 10.6 Å². The summed E-state index contributed by atoms with van der Waals surface area (Å²) in [5.41, 5.74) is -0.509. The number of ether oxygens (including phenoxy) is 2. The van der Waals surface area contributed by atoms with E-state index >= 15 is 0 Å². The predicted octanol–water partition coefficient (Wildman–Crippen LogP) is 1.05. The highest BCUT2D eigenvalue weighted by molar-refractivity contribution is 5.76. The second-order valence-corrected chi connectivity index (χ2v) is 4.73. The third-order valence-corrected chi connectivity index (χ3v) is 1.79. The molecule has 0 radical (unpaired) electrons. The predicted molar refractivity (Wildman–Crippen MR) is 68.4 cm³/mol. The molecule has 106 valence electrons. The Morgan fingerprint density at radius 3 is 2.28 bits per heavy atom. The highest BCUT2D eigenvalue weighted by Crippen LogP contribution is 2.05. The summed E-state index contributed by atoms with van der Waals surface area (Å²) >= 11 is 0. The number of nitrogens with one attached hydrogen (secondary N) is 2. The van der Waals surface area contributed by atoms with Crippen LogP contribution in [0.5, 0.6) is 0 Å². The average molecular weight is 260 g/mol. The molecule has 0 aromatic rings. The zero-order valence-corrected chi connectivity index (χ0v) is 11.7. The normalized spacial score (nSPS) is 10.9. The Bertz CT molecular complexity index is 261. The van der Waals surface area contributed by atoms with Crippen LogP contribution in [-0.4, -0.2) is 43.9 Å². The number of hydrogen-bond acceptors (Lipinski definition) is 4. The van der Waals surface area contributed by atoms with Crippen molar-refractivity contribution in [3.63, 3.8) is 0 Å². The molecule has 18 heavy (non-hydrogen) atoms. The molecular formula is C12H24N2O4. The van der Waals surface area contributed by atoms with E-state index in [1.165, 1.54) is 0 Å². The van der Waals surface area contributed by atoms with Gasteiger partial charge in [0.15, 0.2) is 0 Å². The Kier molecular flexibility index (Phi) is 8.11. The van der Waals surface area contributed by atoms with Gasteiger partial charge in [-0.05, 0) is 27.7 Å². The lowest BCUT2D eigenvalue weighted by atomic mass is 10.2. The highest BCUT2D eigenvalue weighted by Gasteiger charge is 2.15. The van der Waals surface area contributed by atoms with Gasteiger partial charge in [-0.2, -0.15) is 0 Å². The Labute approximate surface area is 108 Å². The third-order valence-electron chi connectivity index (χ3n) is 1.79. The van der Waals surface area contributed by atoms with Crippen LogP contribution >= 0.6 is 0 Å². The number of amides is 2. The van der Waals surface area contributed by atoms with E-state index in [9.17, 15) is 9.59 Å². The van der Waals surface area contributed by atoms with Gasteiger partial charge in [0.2, 0.25) is 5.91 Å². The van der Waals surface area contributed by atoms with Crippen LogP contribution in [0.15, 0.2) is 0 Å². The van der Waals surface area contributed by atoms with E-state index in [1.807, 2.05) is 6.92 Å². The summed E-state index contributed by atoms with van der Waals surface area (Å²) in [6.07, 6.45) is -0.147. The van der Waals surface area contributed by atoms with Crippen LogP contribution in [0, 0.1) is 0 Å². The second kappa shape index (κ2) is 8.74. The lowest BCUT2D eigenvalue weighted by Gasteiger charge is -2.19. The van der Waals surface area contributed by atoms with Gasteiger partial charge >= 0.3 is 6.09 Å². The molecule has 2 N–H and O–H groups in total. The van der Waals surface area contributed by atoms with E-state index in [0.29, 0.717) is 32.7 Å². The van der Waals surface area contributed by atoms with Crippen molar-refractivity contribution in [2.24, 2.45) is 0 Å². The Hall–Kier alpha value is -1.30. The molecule has 0 aromatic carbocycles. The maximum Gasteiger partial charge on any atom is 0.407 e. The summed E-state index contributed by atoms with van der Waals surface area (Å²) in [6, 6.07) is 0. The van der Waals surface area contributed by atoms with Crippen LogP contribution in [0.25, 0.3) is 0 Å². The quantitative estimate of drug-likeness (QED) is 0.671. The maximum atomic E-state index is 11.3. The summed E-state index contributed by atoms with van der Waals surface area (Å²) in [7, 11) is 0. The zero-order chi connectivity index (χ0) is 14.0. The summed E-state index contributed by atoms with van der Waals surface area (Å²) in [6.45, 7) is 9.00. The molecule has 0 atom stereocenters. The molecule has 0 unspecified atom stereocenters. The lowest BCUT2D eigenvalue weighted by Crippen LogP contribution is -2.38. The van der Waals surface area contributed by atoms with Crippen molar-refractivity contribution >= 4 is 12.0 Å². The van der Waals surface area contributed by atoms with Crippen LogP contribution in [0.1, 0.15) is 34.1 Å². The van der Waals surface area contributed by atoms with Crippen molar-refractivity contribution in [3.8, 4) is 0 Å². The second-order valence-electron chi connectivity index (χ2n) is 4.73. The SMILES string of the molecule is CCOCCC(=O)NCCNC(=O)OC(C)(C)C. The number of rotatable bonds is 7. The first-order chi connectivity index (χ1) is 8.35. The minimum absolute atomic E-state index is 0.0885. The molecule has 2 amide bonds. The van der Waals surface area contributed by atoms with Gasteiger partial charge in [-0.3, -0.25) is 4.79 Å². The van der Waals surface area contributed by atoms with Gasteiger partial charge in [-0.15, -0.1) is 0 Å². The van der Waals surface area contributed by atoms with Crippen LogP contribution in [0.2, 0.25) is 0 Å². The van der Waals surface area contributed by atoms with Crippen molar-refractivity contribution in [2.75, 3.05) is 26.3 Å².